The minimum atomic E-state index is 0.0290. The second kappa shape index (κ2) is 6.99. The second-order valence-electron chi connectivity index (χ2n) is 5.12. The summed E-state index contributed by atoms with van der Waals surface area (Å²) in [7, 11) is 0. The van der Waals surface area contributed by atoms with Crippen molar-refractivity contribution in [1.29, 1.82) is 0 Å². The molecule has 2 nitrogen and oxygen atoms in total. The van der Waals surface area contributed by atoms with Crippen LogP contribution in [0, 0.1) is 0 Å². The van der Waals surface area contributed by atoms with Gasteiger partial charge in [-0.25, -0.2) is 0 Å². The molecule has 2 aromatic carbocycles. The van der Waals surface area contributed by atoms with Gasteiger partial charge in [-0.3, -0.25) is 0 Å². The number of para-hydroxylation sites is 2. The highest BCUT2D eigenvalue weighted by atomic mass is 16.5. The molecule has 1 unspecified atom stereocenters. The van der Waals surface area contributed by atoms with Crippen molar-refractivity contribution in [3.05, 3.63) is 59.7 Å². The first-order valence-electron chi connectivity index (χ1n) is 7.22. The Kier molecular flexibility index (Phi) is 5.05. The average Bonchev–Trinajstić information content (AvgIpc) is 2.44. The molecule has 0 heterocycles. The van der Waals surface area contributed by atoms with Gasteiger partial charge in [0.2, 0.25) is 0 Å². The van der Waals surface area contributed by atoms with E-state index in [0.29, 0.717) is 12.2 Å². The van der Waals surface area contributed by atoms with Crippen LogP contribution in [0.3, 0.4) is 0 Å². The lowest BCUT2D eigenvalue weighted by Crippen LogP contribution is -2.16. The van der Waals surface area contributed by atoms with Crippen LogP contribution in [0.1, 0.15) is 31.4 Å². The van der Waals surface area contributed by atoms with Crippen molar-refractivity contribution in [3.8, 4) is 11.5 Å². The zero-order chi connectivity index (χ0) is 14.4. The van der Waals surface area contributed by atoms with Gasteiger partial charge in [0.05, 0.1) is 0 Å². The zero-order valence-electron chi connectivity index (χ0n) is 12.2. The Morgan fingerprint density at radius 1 is 1.00 bits per heavy atom. The molecule has 2 heteroatoms. The summed E-state index contributed by atoms with van der Waals surface area (Å²) in [6, 6.07) is 15.6. The Labute approximate surface area is 121 Å². The second-order valence-corrected chi connectivity index (χ2v) is 5.12. The van der Waals surface area contributed by atoms with Gasteiger partial charge in [-0.05, 0) is 36.6 Å². The van der Waals surface area contributed by atoms with Crippen molar-refractivity contribution in [3.63, 3.8) is 0 Å². The molecule has 2 aromatic rings. The quantitative estimate of drug-likeness (QED) is 0.845. The van der Waals surface area contributed by atoms with Gasteiger partial charge < -0.3 is 9.84 Å². The van der Waals surface area contributed by atoms with Crippen molar-refractivity contribution in [1.82, 2.24) is 0 Å². The monoisotopic (exact) mass is 270 g/mol. The molecule has 0 radical (unpaired) electrons. The first-order valence-corrected chi connectivity index (χ1v) is 7.22. The minimum absolute atomic E-state index is 0.0290. The molecule has 0 fully saturated rings. The number of rotatable bonds is 6. The highest BCUT2D eigenvalue weighted by molar-refractivity contribution is 5.35. The summed E-state index contributed by atoms with van der Waals surface area (Å²) in [5.74, 6) is 1.29. The van der Waals surface area contributed by atoms with E-state index >= 15 is 0 Å². The molecule has 0 bridgehead atoms. The van der Waals surface area contributed by atoms with Crippen molar-refractivity contribution in [2.45, 2.75) is 39.2 Å². The van der Waals surface area contributed by atoms with Crippen LogP contribution in [-0.2, 0) is 12.8 Å². The normalized spacial score (nSPS) is 12.1. The summed E-state index contributed by atoms with van der Waals surface area (Å²) in [5.41, 5.74) is 2.17. The van der Waals surface area contributed by atoms with Crippen LogP contribution in [0.15, 0.2) is 48.5 Å². The molecule has 1 N–H and O–H groups in total. The summed E-state index contributed by atoms with van der Waals surface area (Å²) in [4.78, 5) is 0. The van der Waals surface area contributed by atoms with Crippen molar-refractivity contribution in [2.75, 3.05) is 0 Å². The van der Waals surface area contributed by atoms with Crippen LogP contribution in [-0.4, -0.2) is 11.2 Å². The predicted octanol–water partition coefficient (Wildman–Crippen LogP) is 4.35. The first kappa shape index (κ1) is 14.4. The molecule has 20 heavy (non-hydrogen) atoms. The van der Waals surface area contributed by atoms with Crippen molar-refractivity contribution < 1.29 is 9.84 Å². The molecule has 0 aliphatic heterocycles. The van der Waals surface area contributed by atoms with E-state index in [-0.39, 0.29) is 6.10 Å². The molecule has 1 atom stereocenters. The predicted molar refractivity (Wildman–Crippen MR) is 82.3 cm³/mol. The number of hydrogen-bond acceptors (Lipinski definition) is 2. The Morgan fingerprint density at radius 2 is 1.65 bits per heavy atom. The Morgan fingerprint density at radius 3 is 2.35 bits per heavy atom. The highest BCUT2D eigenvalue weighted by Gasteiger charge is 2.10. The van der Waals surface area contributed by atoms with Crippen LogP contribution in [0.4, 0.5) is 0 Å². The van der Waals surface area contributed by atoms with Crippen LogP contribution < -0.4 is 4.74 Å². The standard InChI is InChI=1S/C18H22O2/c1-3-8-15-9-5-7-12-18(15)20-14(2)13-16-10-4-6-11-17(16)19/h4-7,9-12,14,19H,3,8,13H2,1-2H3. The molecule has 0 aliphatic rings. The molecule has 0 spiro atoms. The van der Waals surface area contributed by atoms with E-state index in [0.717, 1.165) is 24.2 Å². The highest BCUT2D eigenvalue weighted by Crippen LogP contribution is 2.23. The van der Waals surface area contributed by atoms with E-state index in [2.05, 4.69) is 13.0 Å². The molecule has 106 valence electrons. The summed E-state index contributed by atoms with van der Waals surface area (Å²) >= 11 is 0. The molecule has 0 saturated heterocycles. The fourth-order valence-corrected chi connectivity index (χ4v) is 2.35. The van der Waals surface area contributed by atoms with Gasteiger partial charge in [0.15, 0.2) is 0 Å². The summed E-state index contributed by atoms with van der Waals surface area (Å²) in [5, 5.41) is 9.81. The SMILES string of the molecule is CCCc1ccccc1OC(C)Cc1ccccc1O. The van der Waals surface area contributed by atoms with Gasteiger partial charge in [-0.15, -0.1) is 0 Å². The van der Waals surface area contributed by atoms with Crippen LogP contribution >= 0.6 is 0 Å². The lowest BCUT2D eigenvalue weighted by atomic mass is 10.1. The van der Waals surface area contributed by atoms with E-state index in [9.17, 15) is 5.11 Å². The average molecular weight is 270 g/mol. The summed E-state index contributed by atoms with van der Waals surface area (Å²) in [6.45, 7) is 4.21. The Bertz CT molecular complexity index is 549. The molecule has 0 saturated carbocycles. The van der Waals surface area contributed by atoms with Gasteiger partial charge in [-0.1, -0.05) is 49.7 Å². The number of phenolic OH excluding ortho intramolecular Hbond substituents is 1. The number of hydrogen-bond donors (Lipinski definition) is 1. The van der Waals surface area contributed by atoms with Gasteiger partial charge in [0.25, 0.3) is 0 Å². The topological polar surface area (TPSA) is 29.5 Å². The van der Waals surface area contributed by atoms with E-state index in [1.165, 1.54) is 5.56 Å². The fraction of sp³-hybridized carbons (Fsp3) is 0.333. The maximum absolute atomic E-state index is 9.81. The lowest BCUT2D eigenvalue weighted by molar-refractivity contribution is 0.218. The Hall–Kier alpha value is -1.96. The van der Waals surface area contributed by atoms with E-state index in [1.807, 2.05) is 43.3 Å². The maximum atomic E-state index is 9.81. The number of benzene rings is 2. The molecular formula is C18H22O2. The van der Waals surface area contributed by atoms with E-state index in [1.54, 1.807) is 6.07 Å². The van der Waals surface area contributed by atoms with Crippen LogP contribution in [0.5, 0.6) is 11.5 Å². The largest absolute Gasteiger partial charge is 0.508 e. The van der Waals surface area contributed by atoms with Gasteiger partial charge in [-0.2, -0.15) is 0 Å². The van der Waals surface area contributed by atoms with Crippen molar-refractivity contribution >= 4 is 0 Å². The third-order valence-corrected chi connectivity index (χ3v) is 3.32. The third kappa shape index (κ3) is 3.77. The van der Waals surface area contributed by atoms with Crippen molar-refractivity contribution in [2.24, 2.45) is 0 Å². The maximum Gasteiger partial charge on any atom is 0.122 e. The first-order chi connectivity index (χ1) is 9.70. The van der Waals surface area contributed by atoms with E-state index < -0.39 is 0 Å². The van der Waals surface area contributed by atoms with Crippen LogP contribution in [0.25, 0.3) is 0 Å². The van der Waals surface area contributed by atoms with E-state index in [4.69, 9.17) is 4.74 Å². The van der Waals surface area contributed by atoms with Gasteiger partial charge in [0, 0.05) is 6.42 Å². The lowest BCUT2D eigenvalue weighted by Gasteiger charge is -2.18. The van der Waals surface area contributed by atoms with Gasteiger partial charge >= 0.3 is 0 Å². The van der Waals surface area contributed by atoms with Gasteiger partial charge in [0.1, 0.15) is 17.6 Å². The molecule has 0 aliphatic carbocycles. The number of ether oxygens (including phenoxy) is 1. The van der Waals surface area contributed by atoms with Crippen LogP contribution in [0.2, 0.25) is 0 Å². The number of phenols is 1. The Balaban J connectivity index is 2.05. The smallest absolute Gasteiger partial charge is 0.122 e. The molecule has 0 aromatic heterocycles. The number of aryl methyl sites for hydroxylation is 1. The number of aromatic hydroxyl groups is 1. The summed E-state index contributed by atoms with van der Waals surface area (Å²) < 4.78 is 6.05. The molecule has 0 amide bonds. The fourth-order valence-electron chi connectivity index (χ4n) is 2.35. The molecule has 2 rings (SSSR count). The third-order valence-electron chi connectivity index (χ3n) is 3.32. The zero-order valence-corrected chi connectivity index (χ0v) is 12.2. The minimum Gasteiger partial charge on any atom is -0.508 e. The summed E-state index contributed by atoms with van der Waals surface area (Å²) in [6.07, 6.45) is 2.86. The molecular weight excluding hydrogens is 248 g/mol.